The van der Waals surface area contributed by atoms with Gasteiger partial charge in [-0.2, -0.15) is 5.10 Å². The molecule has 200 valence electrons. The molecule has 7 rings (SSSR count). The molecular formula is C30H37N5O2S. The summed E-state index contributed by atoms with van der Waals surface area (Å²) < 4.78 is 7.54. The summed E-state index contributed by atoms with van der Waals surface area (Å²) in [6, 6.07) is 0. The number of aromatic amines is 1. The Balaban J connectivity index is 1.21. The lowest BCUT2D eigenvalue weighted by Crippen LogP contribution is -2.43. The number of hydrogen-bond acceptors (Lipinski definition) is 5. The second-order valence-corrected chi connectivity index (χ2v) is 12.8. The summed E-state index contributed by atoms with van der Waals surface area (Å²) in [5.74, 6) is 1.29. The third-order valence-corrected chi connectivity index (χ3v) is 10.5. The number of carbonyl (C=O) groups excluding carboxylic acids is 1. The van der Waals surface area contributed by atoms with Gasteiger partial charge in [0, 0.05) is 47.3 Å². The lowest BCUT2D eigenvalue weighted by Gasteiger charge is -2.35. The largest absolute Gasteiger partial charge is 0.381 e. The van der Waals surface area contributed by atoms with Gasteiger partial charge < -0.3 is 14.6 Å². The maximum atomic E-state index is 13.0. The Hall–Kier alpha value is -2.71. The highest BCUT2D eigenvalue weighted by Gasteiger charge is 2.33. The van der Waals surface area contributed by atoms with Crippen LogP contribution in [0, 0.1) is 12.8 Å². The number of nitrogens with one attached hydrogen (secondary N) is 1. The number of carbonyl (C=O) groups is 1. The first-order valence-electron chi connectivity index (χ1n) is 14.4. The number of pyridine rings is 1. The number of amides is 1. The second kappa shape index (κ2) is 9.49. The van der Waals surface area contributed by atoms with Crippen molar-refractivity contribution in [2.24, 2.45) is 5.92 Å². The first kappa shape index (κ1) is 24.3. The Bertz CT molecular complexity index is 1510. The van der Waals surface area contributed by atoms with Crippen LogP contribution in [-0.4, -0.2) is 56.7 Å². The highest BCUT2D eigenvalue weighted by atomic mass is 32.1. The molecule has 0 unspecified atom stereocenters. The van der Waals surface area contributed by atoms with Gasteiger partial charge in [-0.05, 0) is 80.4 Å². The molecule has 0 aromatic carbocycles. The average molecular weight is 532 g/mol. The Morgan fingerprint density at radius 2 is 1.97 bits per heavy atom. The zero-order valence-electron chi connectivity index (χ0n) is 22.7. The van der Waals surface area contributed by atoms with Crippen LogP contribution in [0.3, 0.4) is 0 Å². The molecule has 0 saturated carbocycles. The van der Waals surface area contributed by atoms with Crippen LogP contribution >= 0.6 is 11.3 Å². The molecule has 0 bridgehead atoms. The number of aromatic nitrogens is 4. The Morgan fingerprint density at radius 3 is 2.74 bits per heavy atom. The molecule has 1 amide bonds. The van der Waals surface area contributed by atoms with Crippen molar-refractivity contribution >= 4 is 33.1 Å². The van der Waals surface area contributed by atoms with Crippen molar-refractivity contribution in [3.63, 3.8) is 0 Å². The van der Waals surface area contributed by atoms with Crippen LogP contribution in [0.4, 0.5) is 0 Å². The molecule has 4 aromatic heterocycles. The molecule has 1 aliphatic carbocycles. The quantitative estimate of drug-likeness (QED) is 0.351. The lowest BCUT2D eigenvalue weighted by molar-refractivity contribution is -0.140. The van der Waals surface area contributed by atoms with E-state index in [0.717, 1.165) is 63.9 Å². The highest BCUT2D eigenvalue weighted by Crippen LogP contribution is 2.47. The van der Waals surface area contributed by atoms with Gasteiger partial charge in [0.2, 0.25) is 5.91 Å². The number of thiophene rings is 1. The van der Waals surface area contributed by atoms with Crippen molar-refractivity contribution in [2.45, 2.75) is 77.6 Å². The Labute approximate surface area is 227 Å². The van der Waals surface area contributed by atoms with Gasteiger partial charge in [0.1, 0.15) is 11.2 Å². The van der Waals surface area contributed by atoms with Crippen LogP contribution in [-0.2, 0) is 22.4 Å². The van der Waals surface area contributed by atoms with E-state index in [-0.39, 0.29) is 5.92 Å². The van der Waals surface area contributed by atoms with Crippen molar-refractivity contribution in [3.8, 4) is 11.3 Å². The smallest absolute Gasteiger partial charge is 0.228 e. The van der Waals surface area contributed by atoms with Crippen molar-refractivity contribution in [3.05, 3.63) is 39.7 Å². The molecule has 1 atom stereocenters. The topological polar surface area (TPSA) is 75.5 Å². The van der Waals surface area contributed by atoms with Crippen molar-refractivity contribution < 1.29 is 9.53 Å². The third kappa shape index (κ3) is 3.82. The van der Waals surface area contributed by atoms with Crippen LogP contribution in [0.2, 0.25) is 0 Å². The van der Waals surface area contributed by atoms with Gasteiger partial charge in [0.25, 0.3) is 0 Å². The van der Waals surface area contributed by atoms with E-state index in [4.69, 9.17) is 4.74 Å². The first-order valence-corrected chi connectivity index (χ1v) is 15.2. The van der Waals surface area contributed by atoms with Gasteiger partial charge >= 0.3 is 0 Å². The zero-order chi connectivity index (χ0) is 26.0. The first-order chi connectivity index (χ1) is 18.5. The molecule has 38 heavy (non-hydrogen) atoms. The number of fused-ring (bicyclic) bond motifs is 4. The third-order valence-electron chi connectivity index (χ3n) is 9.13. The number of H-pyrrole nitrogens is 1. The maximum absolute atomic E-state index is 13.0. The van der Waals surface area contributed by atoms with Crippen molar-refractivity contribution in [1.82, 2.24) is 24.5 Å². The summed E-state index contributed by atoms with van der Waals surface area (Å²) in [6.45, 7) is 10.1. The summed E-state index contributed by atoms with van der Waals surface area (Å²) in [4.78, 5) is 26.4. The van der Waals surface area contributed by atoms with Crippen LogP contribution in [0.1, 0.15) is 84.9 Å². The molecule has 0 radical (unpaired) electrons. The van der Waals surface area contributed by atoms with E-state index in [2.05, 4.69) is 46.9 Å². The number of likely N-dealkylation sites (tertiary alicyclic amines) is 1. The molecule has 1 N–H and O–H groups in total. The number of piperidine rings is 1. The number of rotatable bonds is 4. The van der Waals surface area contributed by atoms with E-state index < -0.39 is 0 Å². The predicted molar refractivity (Wildman–Crippen MR) is 151 cm³/mol. The van der Waals surface area contributed by atoms with Crippen LogP contribution in [0.25, 0.3) is 27.1 Å². The molecule has 8 heteroatoms. The minimum absolute atomic E-state index is 0.0622. The summed E-state index contributed by atoms with van der Waals surface area (Å²) in [7, 11) is 0. The number of hydrogen-bond donors (Lipinski definition) is 1. The molecule has 7 nitrogen and oxygen atoms in total. The summed E-state index contributed by atoms with van der Waals surface area (Å²) in [6.07, 6.45) is 11.3. The van der Waals surface area contributed by atoms with Gasteiger partial charge in [-0.15, -0.1) is 11.3 Å². The molecule has 2 fully saturated rings. The van der Waals surface area contributed by atoms with Crippen LogP contribution in [0.5, 0.6) is 0 Å². The summed E-state index contributed by atoms with van der Waals surface area (Å²) >= 11 is 1.94. The lowest BCUT2D eigenvalue weighted by atomic mass is 9.89. The molecular weight excluding hydrogens is 494 g/mol. The van der Waals surface area contributed by atoms with E-state index in [0.29, 0.717) is 24.3 Å². The normalized spacial score (nSPS) is 20.7. The predicted octanol–water partition coefficient (Wildman–Crippen LogP) is 5.99. The van der Waals surface area contributed by atoms with Gasteiger partial charge in [0.05, 0.1) is 18.2 Å². The minimum atomic E-state index is 0.0622. The van der Waals surface area contributed by atoms with E-state index in [1.807, 2.05) is 15.9 Å². The van der Waals surface area contributed by atoms with E-state index >= 15 is 0 Å². The van der Waals surface area contributed by atoms with E-state index in [1.54, 1.807) is 6.33 Å². The van der Waals surface area contributed by atoms with E-state index in [9.17, 15) is 4.79 Å². The summed E-state index contributed by atoms with van der Waals surface area (Å²) in [5.41, 5.74) is 9.24. The van der Waals surface area contributed by atoms with Crippen molar-refractivity contribution in [1.29, 1.82) is 0 Å². The van der Waals surface area contributed by atoms with Gasteiger partial charge in [-0.25, -0.2) is 9.50 Å². The SMILES string of the molecule is Cc1c(C2CCN(C(=O)[C@@H]3CCCOC3)CC2)sc2[nH]c(-c3cn4ncnc4c4c3CCC4)c(C(C)C)c12. The van der Waals surface area contributed by atoms with Gasteiger partial charge in [-0.1, -0.05) is 13.8 Å². The number of ether oxygens (including phenoxy) is 1. The average Bonchev–Trinajstić information content (AvgIpc) is 3.72. The van der Waals surface area contributed by atoms with Crippen molar-refractivity contribution in [2.75, 3.05) is 26.3 Å². The Kier molecular flexibility index (Phi) is 6.08. The highest BCUT2D eigenvalue weighted by molar-refractivity contribution is 7.19. The minimum Gasteiger partial charge on any atom is -0.381 e. The van der Waals surface area contributed by atoms with Gasteiger partial charge in [0.15, 0.2) is 5.65 Å². The Morgan fingerprint density at radius 1 is 1.16 bits per heavy atom. The van der Waals surface area contributed by atoms with Crippen LogP contribution < -0.4 is 0 Å². The molecule has 2 aliphatic heterocycles. The molecule has 0 spiro atoms. The fraction of sp³-hybridized carbons (Fsp3) is 0.567. The number of aryl methyl sites for hydroxylation is 2. The molecule has 6 heterocycles. The number of nitrogens with zero attached hydrogens (tertiary/aromatic N) is 4. The zero-order valence-corrected chi connectivity index (χ0v) is 23.5. The molecule has 2 saturated heterocycles. The van der Waals surface area contributed by atoms with Gasteiger partial charge in [-0.3, -0.25) is 4.79 Å². The molecule has 4 aromatic rings. The maximum Gasteiger partial charge on any atom is 0.228 e. The fourth-order valence-corrected chi connectivity index (χ4v) is 8.64. The monoisotopic (exact) mass is 531 g/mol. The van der Waals surface area contributed by atoms with Crippen LogP contribution in [0.15, 0.2) is 12.5 Å². The fourth-order valence-electron chi connectivity index (χ4n) is 7.25. The van der Waals surface area contributed by atoms with E-state index in [1.165, 1.54) is 55.0 Å². The standard InChI is InChI=1S/C30H37N5O2S/c1-17(2)24-25-18(3)27(19-9-11-34(12-10-19)30(36)20-6-5-13-37-15-20)38-29(25)33-26(24)23-14-35-28(31-16-32-35)22-8-4-7-21(22)23/h14,16-17,19-20,33H,4-13,15H2,1-3H3/t20-/m1/s1. The molecule has 3 aliphatic rings. The second-order valence-electron chi connectivity index (χ2n) is 11.8. The summed E-state index contributed by atoms with van der Waals surface area (Å²) in [5, 5.41) is 5.91.